The quantitative estimate of drug-likeness (QED) is 0.899. The standard InChI is InChI=1S/C20H25NO2S/c1-4-5-13-9-15-19(24-13)11-21-16-7-6-12-8-17(22-2)18(23-3)10-14(12)20(15)16/h8-10,16,20-21H,4-7,11H2,1-3H3. The molecule has 1 aromatic heterocycles. The molecule has 1 aliphatic carbocycles. The fourth-order valence-electron chi connectivity index (χ4n) is 4.24. The van der Waals surface area contributed by atoms with Gasteiger partial charge in [0.2, 0.25) is 0 Å². The molecule has 0 amide bonds. The molecule has 4 heteroatoms. The molecular formula is C20H25NO2S. The third-order valence-electron chi connectivity index (χ3n) is 5.36. The third-order valence-corrected chi connectivity index (χ3v) is 6.57. The molecule has 0 radical (unpaired) electrons. The Hall–Kier alpha value is -1.52. The summed E-state index contributed by atoms with van der Waals surface area (Å²) in [6.45, 7) is 3.28. The van der Waals surface area contributed by atoms with Gasteiger partial charge in [-0.3, -0.25) is 0 Å². The summed E-state index contributed by atoms with van der Waals surface area (Å²) in [4.78, 5) is 3.04. The number of fused-ring (bicyclic) bond motifs is 5. The summed E-state index contributed by atoms with van der Waals surface area (Å²) >= 11 is 1.99. The Morgan fingerprint density at radius 2 is 1.92 bits per heavy atom. The van der Waals surface area contributed by atoms with Crippen LogP contribution in [0.5, 0.6) is 11.5 Å². The highest BCUT2D eigenvalue weighted by Crippen LogP contribution is 2.46. The van der Waals surface area contributed by atoms with Crippen LogP contribution in [0.15, 0.2) is 18.2 Å². The van der Waals surface area contributed by atoms with Crippen molar-refractivity contribution in [1.29, 1.82) is 0 Å². The number of benzene rings is 1. The molecule has 24 heavy (non-hydrogen) atoms. The average molecular weight is 343 g/mol. The highest BCUT2D eigenvalue weighted by Gasteiger charge is 2.36. The van der Waals surface area contributed by atoms with Gasteiger partial charge in [-0.2, -0.15) is 0 Å². The van der Waals surface area contributed by atoms with E-state index in [0.717, 1.165) is 24.5 Å². The fourth-order valence-corrected chi connectivity index (χ4v) is 5.50. The molecule has 0 saturated carbocycles. The average Bonchev–Trinajstić information content (AvgIpc) is 3.03. The van der Waals surface area contributed by atoms with Crippen LogP contribution in [0.4, 0.5) is 0 Å². The smallest absolute Gasteiger partial charge is 0.161 e. The van der Waals surface area contributed by atoms with E-state index >= 15 is 0 Å². The predicted molar refractivity (Wildman–Crippen MR) is 98.7 cm³/mol. The zero-order valence-electron chi connectivity index (χ0n) is 14.6. The minimum Gasteiger partial charge on any atom is -0.493 e. The van der Waals surface area contributed by atoms with Crippen molar-refractivity contribution in [3.05, 3.63) is 44.6 Å². The lowest BCUT2D eigenvalue weighted by molar-refractivity contribution is 0.349. The molecule has 4 rings (SSSR count). The Kier molecular flexibility index (Phi) is 4.27. The van der Waals surface area contributed by atoms with Gasteiger partial charge < -0.3 is 14.8 Å². The summed E-state index contributed by atoms with van der Waals surface area (Å²) in [6, 6.07) is 7.39. The van der Waals surface area contributed by atoms with Gasteiger partial charge in [0, 0.05) is 28.3 Å². The topological polar surface area (TPSA) is 30.5 Å². The Morgan fingerprint density at radius 3 is 2.67 bits per heavy atom. The summed E-state index contributed by atoms with van der Waals surface area (Å²) in [6.07, 6.45) is 4.69. The summed E-state index contributed by atoms with van der Waals surface area (Å²) < 4.78 is 11.1. The maximum atomic E-state index is 5.57. The van der Waals surface area contributed by atoms with Gasteiger partial charge in [-0.05, 0) is 54.2 Å². The molecule has 2 atom stereocenters. The zero-order valence-corrected chi connectivity index (χ0v) is 15.5. The van der Waals surface area contributed by atoms with E-state index in [0.29, 0.717) is 12.0 Å². The molecule has 1 aromatic carbocycles. The molecule has 128 valence electrons. The van der Waals surface area contributed by atoms with Crippen molar-refractivity contribution < 1.29 is 9.47 Å². The minimum atomic E-state index is 0.444. The molecule has 2 aliphatic rings. The summed E-state index contributed by atoms with van der Waals surface area (Å²) in [5.74, 6) is 2.13. The second-order valence-electron chi connectivity index (χ2n) is 6.75. The molecule has 2 heterocycles. The molecule has 1 aliphatic heterocycles. The van der Waals surface area contributed by atoms with Crippen molar-refractivity contribution in [2.24, 2.45) is 0 Å². The number of thiophene rings is 1. The monoisotopic (exact) mass is 343 g/mol. The molecule has 0 fully saturated rings. The molecule has 2 aromatic rings. The highest BCUT2D eigenvalue weighted by molar-refractivity contribution is 7.12. The normalized spacial score (nSPS) is 21.6. The van der Waals surface area contributed by atoms with Crippen LogP contribution >= 0.6 is 11.3 Å². The minimum absolute atomic E-state index is 0.444. The van der Waals surface area contributed by atoms with E-state index in [1.54, 1.807) is 19.8 Å². The van der Waals surface area contributed by atoms with Gasteiger partial charge in [0.15, 0.2) is 11.5 Å². The van der Waals surface area contributed by atoms with E-state index in [-0.39, 0.29) is 0 Å². The number of hydrogen-bond acceptors (Lipinski definition) is 4. The third kappa shape index (κ3) is 2.52. The van der Waals surface area contributed by atoms with Gasteiger partial charge in [0.05, 0.1) is 14.2 Å². The van der Waals surface area contributed by atoms with Crippen molar-refractivity contribution in [2.75, 3.05) is 14.2 Å². The summed E-state index contributed by atoms with van der Waals surface area (Å²) in [7, 11) is 3.44. The van der Waals surface area contributed by atoms with Crippen molar-refractivity contribution in [1.82, 2.24) is 5.32 Å². The second kappa shape index (κ2) is 6.41. The van der Waals surface area contributed by atoms with Crippen molar-refractivity contribution in [2.45, 2.75) is 51.1 Å². The Balaban J connectivity index is 1.82. The lowest BCUT2D eigenvalue weighted by atomic mass is 9.74. The molecule has 2 unspecified atom stereocenters. The van der Waals surface area contributed by atoms with E-state index in [4.69, 9.17) is 9.47 Å². The van der Waals surface area contributed by atoms with Gasteiger partial charge in [0.1, 0.15) is 0 Å². The van der Waals surface area contributed by atoms with E-state index in [1.807, 2.05) is 11.3 Å². The first-order chi connectivity index (χ1) is 11.7. The maximum absolute atomic E-state index is 5.57. The number of hydrogen-bond donors (Lipinski definition) is 1. The Labute approximate surface area is 148 Å². The van der Waals surface area contributed by atoms with Crippen LogP contribution in [0.1, 0.15) is 52.1 Å². The first-order valence-electron chi connectivity index (χ1n) is 8.84. The van der Waals surface area contributed by atoms with Crippen molar-refractivity contribution in [3.8, 4) is 11.5 Å². The Bertz CT molecular complexity index is 752. The van der Waals surface area contributed by atoms with E-state index in [9.17, 15) is 0 Å². The molecule has 0 bridgehead atoms. The van der Waals surface area contributed by atoms with Gasteiger partial charge in [-0.1, -0.05) is 13.3 Å². The van der Waals surface area contributed by atoms with Crippen LogP contribution in [0, 0.1) is 0 Å². The SMILES string of the molecule is CCCc1cc2c(s1)CNC1CCc3cc(OC)c(OC)cc3C21. The van der Waals surface area contributed by atoms with E-state index < -0.39 is 0 Å². The van der Waals surface area contributed by atoms with Crippen LogP contribution in [0.25, 0.3) is 0 Å². The van der Waals surface area contributed by atoms with E-state index in [2.05, 4.69) is 30.4 Å². The van der Waals surface area contributed by atoms with Crippen LogP contribution in [-0.4, -0.2) is 20.3 Å². The number of rotatable bonds is 4. The zero-order chi connectivity index (χ0) is 16.7. The Morgan fingerprint density at radius 1 is 1.12 bits per heavy atom. The van der Waals surface area contributed by atoms with Gasteiger partial charge in [-0.25, -0.2) is 0 Å². The van der Waals surface area contributed by atoms with Crippen LogP contribution in [0.2, 0.25) is 0 Å². The first kappa shape index (κ1) is 16.0. The fraction of sp³-hybridized carbons (Fsp3) is 0.500. The summed E-state index contributed by atoms with van der Waals surface area (Å²) in [5, 5.41) is 3.78. The van der Waals surface area contributed by atoms with Gasteiger partial charge >= 0.3 is 0 Å². The molecule has 3 nitrogen and oxygen atoms in total. The van der Waals surface area contributed by atoms with Crippen LogP contribution in [-0.2, 0) is 19.4 Å². The molecule has 1 N–H and O–H groups in total. The molecular weight excluding hydrogens is 318 g/mol. The van der Waals surface area contributed by atoms with Crippen LogP contribution in [0.3, 0.4) is 0 Å². The first-order valence-corrected chi connectivity index (χ1v) is 9.66. The number of methoxy groups -OCH3 is 2. The molecule has 0 spiro atoms. The maximum Gasteiger partial charge on any atom is 0.161 e. The largest absolute Gasteiger partial charge is 0.493 e. The molecule has 0 saturated heterocycles. The highest BCUT2D eigenvalue weighted by atomic mass is 32.1. The summed E-state index contributed by atoms with van der Waals surface area (Å²) in [5.41, 5.74) is 4.37. The predicted octanol–water partition coefficient (Wildman–Crippen LogP) is 4.27. The second-order valence-corrected chi connectivity index (χ2v) is 7.97. The van der Waals surface area contributed by atoms with E-state index in [1.165, 1.54) is 40.1 Å². The lowest BCUT2D eigenvalue weighted by Gasteiger charge is -2.38. The number of nitrogens with one attached hydrogen (secondary N) is 1. The van der Waals surface area contributed by atoms with Gasteiger partial charge in [0.25, 0.3) is 0 Å². The van der Waals surface area contributed by atoms with Crippen LogP contribution < -0.4 is 14.8 Å². The van der Waals surface area contributed by atoms with Gasteiger partial charge in [-0.15, -0.1) is 11.3 Å². The lowest BCUT2D eigenvalue weighted by Crippen LogP contribution is -2.42. The van der Waals surface area contributed by atoms with Crippen molar-refractivity contribution in [3.63, 3.8) is 0 Å². The number of aryl methyl sites for hydroxylation is 2. The van der Waals surface area contributed by atoms with Crippen molar-refractivity contribution >= 4 is 11.3 Å². The number of ether oxygens (including phenoxy) is 2.